The van der Waals surface area contributed by atoms with Crippen LogP contribution in [0.4, 0.5) is 0 Å². The molecule has 0 aliphatic heterocycles. The van der Waals surface area contributed by atoms with Crippen LogP contribution in [0, 0.1) is 5.92 Å². The van der Waals surface area contributed by atoms with E-state index in [9.17, 15) is 48.6 Å². The molecule has 0 radical (unpaired) electrons. The van der Waals surface area contributed by atoms with Crippen molar-refractivity contribution in [2.75, 3.05) is 26.7 Å². The topological polar surface area (TPSA) is 304 Å². The van der Waals surface area contributed by atoms with Crippen LogP contribution in [0.2, 0.25) is 0 Å². The van der Waals surface area contributed by atoms with Crippen molar-refractivity contribution in [1.82, 2.24) is 36.8 Å². The number of unbranched alkanes of at least 4 members (excludes halogenated alkanes) is 3. The Hall–Kier alpha value is -4.98. The maximum atomic E-state index is 13.0. The summed E-state index contributed by atoms with van der Waals surface area (Å²) in [6.07, 6.45) is 1.00. The number of nitrogens with two attached hydrogens (primary N) is 2. The zero-order chi connectivity index (χ0) is 41.0. The number of amides is 7. The Balaban J connectivity index is 2.74. The third kappa shape index (κ3) is 16.4. The number of carbonyl (C=O) groups excluding carboxylic acids is 8. The van der Waals surface area contributed by atoms with Crippen LogP contribution in [0.5, 0.6) is 0 Å². The standard InChI is InChI=1S/C35H57N9O10/c1-6-7-8-9-10-22-11-13-23(14-12-22)30(49)41-25(19-46)32(51)42-28(36)34(53)39-18-26(48)44(5)27(21(4)47)33(52)43-29(37)35(54)40-24(17-20(2)3)31(50)38-15-16-45/h11-14,16,20-21,24-25,27-29,46-47H,6-10,15,17-19,36-37H2,1-5H3,(H,38,50)(H,39,53)(H,40,54)(H,41,49)(H,42,51)(H,43,52). The fourth-order valence-electron chi connectivity index (χ4n) is 5.14. The Morgan fingerprint density at radius 3 is 1.94 bits per heavy atom. The molecule has 12 N–H and O–H groups in total. The smallest absolute Gasteiger partial charge is 0.258 e. The van der Waals surface area contributed by atoms with Gasteiger partial charge in [-0.2, -0.15) is 0 Å². The van der Waals surface area contributed by atoms with Crippen molar-refractivity contribution >= 4 is 47.6 Å². The molecule has 0 heterocycles. The molecule has 19 heteroatoms. The number of rotatable bonds is 24. The molecule has 1 aromatic carbocycles. The summed E-state index contributed by atoms with van der Waals surface area (Å²) in [5.74, 6) is -6.22. The van der Waals surface area contributed by atoms with E-state index in [0.717, 1.165) is 49.6 Å². The maximum absolute atomic E-state index is 13.0. The van der Waals surface area contributed by atoms with Gasteiger partial charge in [0, 0.05) is 12.6 Å². The largest absolute Gasteiger partial charge is 0.394 e. The number of hydrogen-bond donors (Lipinski definition) is 10. The van der Waals surface area contributed by atoms with E-state index in [0.29, 0.717) is 6.29 Å². The second-order valence-electron chi connectivity index (χ2n) is 13.2. The zero-order valence-electron chi connectivity index (χ0n) is 31.6. The average Bonchev–Trinajstić information content (AvgIpc) is 3.12. The van der Waals surface area contributed by atoms with Gasteiger partial charge >= 0.3 is 0 Å². The Labute approximate surface area is 315 Å². The van der Waals surface area contributed by atoms with Crippen molar-refractivity contribution in [3.05, 3.63) is 35.4 Å². The van der Waals surface area contributed by atoms with Gasteiger partial charge in [-0.05, 0) is 49.8 Å². The predicted octanol–water partition coefficient (Wildman–Crippen LogP) is -3.13. The van der Waals surface area contributed by atoms with Crippen LogP contribution in [0.1, 0.15) is 75.7 Å². The zero-order valence-corrected chi connectivity index (χ0v) is 31.6. The molecule has 0 bridgehead atoms. The molecule has 1 rings (SSSR count). The Bertz CT molecular complexity index is 1420. The summed E-state index contributed by atoms with van der Waals surface area (Å²) in [6, 6.07) is 2.70. The Morgan fingerprint density at radius 2 is 1.39 bits per heavy atom. The minimum Gasteiger partial charge on any atom is -0.394 e. The van der Waals surface area contributed by atoms with Crippen molar-refractivity contribution in [3.8, 4) is 0 Å². The lowest BCUT2D eigenvalue weighted by molar-refractivity contribution is -0.144. The van der Waals surface area contributed by atoms with E-state index in [2.05, 4.69) is 38.8 Å². The Kier molecular flexibility index (Phi) is 21.2. The van der Waals surface area contributed by atoms with Gasteiger partial charge in [0.25, 0.3) is 17.7 Å². The van der Waals surface area contributed by atoms with Crippen molar-refractivity contribution in [3.63, 3.8) is 0 Å². The minimum atomic E-state index is -1.72. The number of nitrogens with zero attached hydrogens (tertiary/aromatic N) is 1. The summed E-state index contributed by atoms with van der Waals surface area (Å²) in [4.78, 5) is 101. The predicted molar refractivity (Wildman–Crippen MR) is 197 cm³/mol. The number of nitrogens with one attached hydrogen (secondary N) is 6. The molecule has 0 aliphatic rings. The number of aliphatic hydroxyl groups excluding tert-OH is 2. The first-order valence-corrected chi connectivity index (χ1v) is 17.8. The van der Waals surface area contributed by atoms with Crippen LogP contribution in [-0.4, -0.2) is 126 Å². The second kappa shape index (κ2) is 24.4. The van der Waals surface area contributed by atoms with Crippen LogP contribution in [0.25, 0.3) is 0 Å². The molecule has 0 aromatic heterocycles. The van der Waals surface area contributed by atoms with Gasteiger partial charge < -0.3 is 63.3 Å². The molecule has 7 amide bonds. The summed E-state index contributed by atoms with van der Waals surface area (Å²) >= 11 is 0. The molecule has 6 atom stereocenters. The molecule has 0 spiro atoms. The van der Waals surface area contributed by atoms with Crippen molar-refractivity contribution < 1.29 is 48.6 Å². The number of aliphatic hydroxyl groups is 2. The van der Waals surface area contributed by atoms with Gasteiger partial charge in [-0.1, -0.05) is 52.2 Å². The highest BCUT2D eigenvalue weighted by molar-refractivity contribution is 5.99. The van der Waals surface area contributed by atoms with Crippen molar-refractivity contribution in [2.24, 2.45) is 17.4 Å². The molecule has 0 saturated heterocycles. The highest BCUT2D eigenvalue weighted by atomic mass is 16.3. The van der Waals surface area contributed by atoms with E-state index in [1.54, 1.807) is 26.0 Å². The number of carbonyl (C=O) groups is 8. The van der Waals surface area contributed by atoms with Gasteiger partial charge in [0.15, 0.2) is 12.3 Å². The van der Waals surface area contributed by atoms with Crippen molar-refractivity contribution in [2.45, 2.75) is 103 Å². The van der Waals surface area contributed by atoms with Gasteiger partial charge in [-0.15, -0.1) is 0 Å². The highest BCUT2D eigenvalue weighted by Crippen LogP contribution is 2.11. The quantitative estimate of drug-likeness (QED) is 0.0284. The van der Waals surface area contributed by atoms with Crippen molar-refractivity contribution in [1.29, 1.82) is 0 Å². The molecule has 1 aromatic rings. The fraction of sp³-hybridized carbons (Fsp3) is 0.600. The number of aryl methyl sites for hydroxylation is 1. The lowest BCUT2D eigenvalue weighted by Gasteiger charge is -2.30. The molecule has 0 aliphatic carbocycles. The first-order valence-electron chi connectivity index (χ1n) is 17.8. The average molecular weight is 764 g/mol. The highest BCUT2D eigenvalue weighted by Gasteiger charge is 2.34. The molecule has 54 heavy (non-hydrogen) atoms. The summed E-state index contributed by atoms with van der Waals surface area (Å²) in [6.45, 7) is 5.08. The molecular weight excluding hydrogens is 706 g/mol. The first kappa shape index (κ1) is 47.0. The number of aldehydes is 1. The number of likely N-dealkylation sites (N-methyl/N-ethyl adjacent to an activating group) is 1. The molecule has 19 nitrogen and oxygen atoms in total. The van der Waals surface area contributed by atoms with Gasteiger partial charge in [0.05, 0.1) is 25.8 Å². The van der Waals surface area contributed by atoms with E-state index in [1.807, 2.05) is 12.1 Å². The van der Waals surface area contributed by atoms with Gasteiger partial charge in [-0.3, -0.25) is 33.6 Å². The van der Waals surface area contributed by atoms with Crippen LogP contribution in [-0.2, 0) is 40.0 Å². The number of hydrogen-bond acceptors (Lipinski definition) is 12. The monoisotopic (exact) mass is 763 g/mol. The van der Waals surface area contributed by atoms with E-state index >= 15 is 0 Å². The third-order valence-corrected chi connectivity index (χ3v) is 8.15. The van der Waals surface area contributed by atoms with Gasteiger partial charge in [-0.25, -0.2) is 0 Å². The van der Waals surface area contributed by atoms with Gasteiger partial charge in [0.2, 0.25) is 23.6 Å². The molecule has 302 valence electrons. The van der Waals surface area contributed by atoms with Gasteiger partial charge in [0.1, 0.15) is 24.4 Å². The summed E-state index contributed by atoms with van der Waals surface area (Å²) in [5, 5.41) is 33.7. The SMILES string of the molecule is CCCCCCc1ccc(C(=O)NC(CO)C(=O)NC(N)C(=O)NCC(=O)N(C)C(C(=O)NC(N)C(=O)NC(CC(C)C)C(=O)NCC=O)C(C)O)cc1. The van der Waals surface area contributed by atoms with E-state index in [-0.39, 0.29) is 24.4 Å². The van der Waals surface area contributed by atoms with E-state index in [1.165, 1.54) is 6.92 Å². The van der Waals surface area contributed by atoms with E-state index in [4.69, 9.17) is 11.5 Å². The molecule has 0 saturated carbocycles. The van der Waals surface area contributed by atoms with Crippen LogP contribution < -0.4 is 43.4 Å². The lowest BCUT2D eigenvalue weighted by atomic mass is 10.0. The normalized spacial score (nSPS) is 14.3. The third-order valence-electron chi connectivity index (χ3n) is 8.15. The molecule has 0 fully saturated rings. The summed E-state index contributed by atoms with van der Waals surface area (Å²) < 4.78 is 0. The second-order valence-corrected chi connectivity index (χ2v) is 13.2. The molecular formula is C35H57N9O10. The number of benzene rings is 1. The Morgan fingerprint density at radius 1 is 0.778 bits per heavy atom. The summed E-state index contributed by atoms with van der Waals surface area (Å²) in [5.41, 5.74) is 12.9. The lowest BCUT2D eigenvalue weighted by Crippen LogP contribution is -2.62. The first-order chi connectivity index (χ1) is 25.5. The van der Waals surface area contributed by atoms with Crippen LogP contribution >= 0.6 is 0 Å². The maximum Gasteiger partial charge on any atom is 0.258 e. The fourth-order valence-corrected chi connectivity index (χ4v) is 5.14. The van der Waals surface area contributed by atoms with Crippen LogP contribution in [0.15, 0.2) is 24.3 Å². The molecule has 6 unspecified atom stereocenters. The minimum absolute atomic E-state index is 0.0441. The summed E-state index contributed by atoms with van der Waals surface area (Å²) in [7, 11) is 1.14. The van der Waals surface area contributed by atoms with Crippen LogP contribution in [0.3, 0.4) is 0 Å². The van der Waals surface area contributed by atoms with E-state index < -0.39 is 91.1 Å².